The summed E-state index contributed by atoms with van der Waals surface area (Å²) in [6.07, 6.45) is 0.974. The summed E-state index contributed by atoms with van der Waals surface area (Å²) in [5.41, 5.74) is -0.0945. The van der Waals surface area contributed by atoms with Gasteiger partial charge in [0.15, 0.2) is 11.0 Å². The predicted molar refractivity (Wildman–Crippen MR) is 143 cm³/mol. The van der Waals surface area contributed by atoms with Crippen molar-refractivity contribution in [3.8, 4) is 22.5 Å². The molecule has 1 saturated heterocycles. The van der Waals surface area contributed by atoms with E-state index in [1.165, 1.54) is 16.2 Å². The zero-order valence-corrected chi connectivity index (χ0v) is 23.0. The molecule has 1 aliphatic rings. The Hall–Kier alpha value is -3.84. The Balaban J connectivity index is 1.62. The summed E-state index contributed by atoms with van der Waals surface area (Å²) < 4.78 is 16.8. The first-order valence-electron chi connectivity index (χ1n) is 12.0. The van der Waals surface area contributed by atoms with Crippen LogP contribution in [0.25, 0.3) is 10.7 Å². The number of carbonyl (C=O) groups excluding carboxylic acids is 2. The van der Waals surface area contributed by atoms with Crippen LogP contribution in [0.4, 0.5) is 15.9 Å². The van der Waals surface area contributed by atoms with Crippen LogP contribution in [0.1, 0.15) is 38.1 Å². The maximum Gasteiger partial charge on any atom is 0.413 e. The molecule has 12 nitrogen and oxygen atoms in total. The van der Waals surface area contributed by atoms with Gasteiger partial charge < -0.3 is 24.0 Å². The molecule has 3 aromatic rings. The largest absolute Gasteiger partial charge is 0.444 e. The number of amides is 2. The maximum atomic E-state index is 12.2. The summed E-state index contributed by atoms with van der Waals surface area (Å²) >= 11 is 1.20. The van der Waals surface area contributed by atoms with Crippen molar-refractivity contribution < 1.29 is 23.8 Å². The van der Waals surface area contributed by atoms with Crippen LogP contribution in [-0.4, -0.2) is 82.3 Å². The lowest BCUT2D eigenvalue weighted by Crippen LogP contribution is -2.44. The summed E-state index contributed by atoms with van der Waals surface area (Å²) in [7, 11) is 3.39. The van der Waals surface area contributed by atoms with Crippen LogP contribution < -0.4 is 15.0 Å². The van der Waals surface area contributed by atoms with Crippen molar-refractivity contribution in [1.29, 1.82) is 0 Å². The fourth-order valence-corrected chi connectivity index (χ4v) is 4.25. The molecule has 0 unspecified atom stereocenters. The normalized spacial score (nSPS) is 15.6. The smallest absolute Gasteiger partial charge is 0.413 e. The number of thiazole rings is 1. The van der Waals surface area contributed by atoms with E-state index >= 15 is 0 Å². The summed E-state index contributed by atoms with van der Waals surface area (Å²) in [5, 5.41) is 2.98. The summed E-state index contributed by atoms with van der Waals surface area (Å²) in [4.78, 5) is 46.5. The number of aromatic nitrogens is 4. The molecule has 1 N–H and O–H groups in total. The van der Waals surface area contributed by atoms with Gasteiger partial charge in [0, 0.05) is 26.2 Å². The molecule has 4 rings (SSSR count). The van der Waals surface area contributed by atoms with Gasteiger partial charge in [0.05, 0.1) is 30.3 Å². The molecule has 0 radical (unpaired) electrons. The van der Waals surface area contributed by atoms with Crippen LogP contribution in [0.3, 0.4) is 0 Å². The number of nitrogens with zero attached hydrogens (tertiary/aromatic N) is 6. The van der Waals surface area contributed by atoms with E-state index in [9.17, 15) is 9.59 Å². The molecule has 13 heteroatoms. The zero-order valence-electron chi connectivity index (χ0n) is 22.2. The van der Waals surface area contributed by atoms with E-state index < -0.39 is 11.7 Å². The van der Waals surface area contributed by atoms with Gasteiger partial charge in [-0.25, -0.2) is 9.78 Å². The van der Waals surface area contributed by atoms with Crippen molar-refractivity contribution in [2.75, 3.05) is 44.1 Å². The van der Waals surface area contributed by atoms with E-state index in [1.54, 1.807) is 65.3 Å². The lowest BCUT2D eigenvalue weighted by molar-refractivity contribution is 0.0635. The lowest BCUT2D eigenvalue weighted by atomic mass is 10.2. The van der Waals surface area contributed by atoms with Crippen LogP contribution >= 0.6 is 11.3 Å². The third-order valence-electron chi connectivity index (χ3n) is 5.28. The van der Waals surface area contributed by atoms with Crippen molar-refractivity contribution in [2.24, 2.45) is 0 Å². The minimum absolute atomic E-state index is 0.0500. The Morgan fingerprint density at radius 2 is 1.89 bits per heavy atom. The standard InChI is InChI=1S/C25H31N7O5S/c1-15-14-35-12-11-32(15)21-27-19(18-13-26-23(38-18)30-24(34)37-25(2,3)4)28-22(29-21)36-17-9-7-16(8-10-17)20(33)31(5)6/h7-10,13,15H,11-12,14H2,1-6H3,(H,26,30,34)/t15-/m0/s1. The van der Waals surface area contributed by atoms with Crippen molar-refractivity contribution in [1.82, 2.24) is 24.8 Å². The van der Waals surface area contributed by atoms with Gasteiger partial charge in [0.25, 0.3) is 5.91 Å². The second-order valence-electron chi connectivity index (χ2n) is 9.84. The maximum absolute atomic E-state index is 12.2. The van der Waals surface area contributed by atoms with Crippen LogP contribution in [0.15, 0.2) is 30.5 Å². The minimum atomic E-state index is -0.633. The second-order valence-corrected chi connectivity index (χ2v) is 10.9. The Bertz CT molecular complexity index is 1290. The van der Waals surface area contributed by atoms with Crippen molar-refractivity contribution in [2.45, 2.75) is 39.3 Å². The molecule has 1 aromatic carbocycles. The Labute approximate surface area is 225 Å². The van der Waals surface area contributed by atoms with Gasteiger partial charge in [-0.15, -0.1) is 0 Å². The SMILES string of the molecule is C[C@H]1COCCN1c1nc(Oc2ccc(C(=O)N(C)C)cc2)nc(-c2cnc(NC(=O)OC(C)(C)C)s2)n1. The Kier molecular flexibility index (Phi) is 8.07. The molecule has 0 bridgehead atoms. The van der Waals surface area contributed by atoms with Crippen molar-refractivity contribution in [3.05, 3.63) is 36.0 Å². The number of ether oxygens (including phenoxy) is 3. The Morgan fingerprint density at radius 3 is 2.55 bits per heavy atom. The van der Waals surface area contributed by atoms with Crippen LogP contribution in [-0.2, 0) is 9.47 Å². The molecule has 1 aliphatic heterocycles. The minimum Gasteiger partial charge on any atom is -0.444 e. The number of hydrogen-bond acceptors (Lipinski definition) is 11. The first kappa shape index (κ1) is 27.2. The van der Waals surface area contributed by atoms with Gasteiger partial charge in [-0.1, -0.05) is 11.3 Å². The summed E-state index contributed by atoms with van der Waals surface area (Å²) in [5.74, 6) is 1.15. The lowest BCUT2D eigenvalue weighted by Gasteiger charge is -2.33. The number of nitrogens with one attached hydrogen (secondary N) is 1. The highest BCUT2D eigenvalue weighted by Gasteiger charge is 2.25. The van der Waals surface area contributed by atoms with Gasteiger partial charge in [0.2, 0.25) is 5.95 Å². The van der Waals surface area contributed by atoms with Crippen LogP contribution in [0.5, 0.6) is 11.8 Å². The molecule has 1 fully saturated rings. The van der Waals surface area contributed by atoms with Crippen LogP contribution in [0, 0.1) is 0 Å². The number of rotatable bonds is 6. The van der Waals surface area contributed by atoms with E-state index in [-0.39, 0.29) is 18.0 Å². The van der Waals surface area contributed by atoms with E-state index in [4.69, 9.17) is 14.2 Å². The average molecular weight is 542 g/mol. The summed E-state index contributed by atoms with van der Waals surface area (Å²) in [6.45, 7) is 9.09. The Morgan fingerprint density at radius 1 is 1.16 bits per heavy atom. The highest BCUT2D eigenvalue weighted by molar-refractivity contribution is 7.19. The first-order chi connectivity index (χ1) is 18.0. The molecule has 38 heavy (non-hydrogen) atoms. The topological polar surface area (TPSA) is 132 Å². The fraction of sp³-hybridized carbons (Fsp3) is 0.440. The molecular weight excluding hydrogens is 510 g/mol. The van der Waals surface area contributed by atoms with Gasteiger partial charge in [-0.3, -0.25) is 10.1 Å². The number of hydrogen-bond donors (Lipinski definition) is 1. The fourth-order valence-electron chi connectivity index (χ4n) is 3.51. The van der Waals surface area contributed by atoms with E-state index in [0.29, 0.717) is 52.9 Å². The monoisotopic (exact) mass is 541 g/mol. The predicted octanol–water partition coefficient (Wildman–Crippen LogP) is 4.06. The molecule has 2 amide bonds. The highest BCUT2D eigenvalue weighted by Crippen LogP contribution is 2.31. The zero-order chi connectivity index (χ0) is 27.4. The van der Waals surface area contributed by atoms with Gasteiger partial charge in [0.1, 0.15) is 11.4 Å². The molecule has 2 aromatic heterocycles. The highest BCUT2D eigenvalue weighted by atomic mass is 32.1. The molecule has 0 aliphatic carbocycles. The van der Waals surface area contributed by atoms with E-state index in [0.717, 1.165) is 0 Å². The van der Waals surface area contributed by atoms with E-state index in [1.807, 2.05) is 11.8 Å². The first-order valence-corrected chi connectivity index (χ1v) is 12.9. The third-order valence-corrected chi connectivity index (χ3v) is 6.19. The third kappa shape index (κ3) is 6.92. The van der Waals surface area contributed by atoms with Crippen LogP contribution in [0.2, 0.25) is 0 Å². The average Bonchev–Trinajstić information content (AvgIpc) is 3.31. The van der Waals surface area contributed by atoms with Crippen molar-refractivity contribution >= 4 is 34.4 Å². The second kappa shape index (κ2) is 11.3. The van der Waals surface area contributed by atoms with Gasteiger partial charge in [-0.05, 0) is 52.0 Å². The molecule has 202 valence electrons. The molecule has 1 atom stereocenters. The van der Waals surface area contributed by atoms with Gasteiger partial charge >= 0.3 is 12.1 Å². The number of carbonyl (C=O) groups is 2. The number of morpholine rings is 1. The molecular formula is C25H31N7O5S. The molecule has 3 heterocycles. The van der Waals surface area contributed by atoms with Gasteiger partial charge in [-0.2, -0.15) is 15.0 Å². The molecule has 0 saturated carbocycles. The number of anilines is 2. The quantitative estimate of drug-likeness (QED) is 0.487. The number of benzene rings is 1. The molecule has 0 spiro atoms. The summed E-state index contributed by atoms with van der Waals surface area (Å²) in [6, 6.07) is 6.88. The van der Waals surface area contributed by atoms with E-state index in [2.05, 4.69) is 25.3 Å². The van der Waals surface area contributed by atoms with Crippen molar-refractivity contribution in [3.63, 3.8) is 0 Å².